The minimum absolute atomic E-state index is 0. The van der Waals surface area contributed by atoms with Gasteiger partial charge in [-0.05, 0) is 22.0 Å². The molecule has 0 saturated heterocycles. The molecule has 0 unspecified atom stereocenters. The molecule has 118 valence electrons. The van der Waals surface area contributed by atoms with Gasteiger partial charge in [-0.1, -0.05) is 0 Å². The second kappa shape index (κ2) is 6.64. The van der Waals surface area contributed by atoms with Gasteiger partial charge in [0.05, 0.1) is 0 Å². The zero-order chi connectivity index (χ0) is 15.0. The molecule has 7 nitrogen and oxygen atoms in total. The standard InChI is InChI=1S/C13H14BrN5O2.ClH/c1-19-6-7(14)4-10(13(19)21)16-12(20)11-8-5-15-3-2-9(8)17-18-11;/h4,6,15H,2-3,5H2,1H3,(H,16,20)(H,17,18);1H. The van der Waals surface area contributed by atoms with Gasteiger partial charge in [-0.2, -0.15) is 5.10 Å². The molecule has 22 heavy (non-hydrogen) atoms. The van der Waals surface area contributed by atoms with Gasteiger partial charge in [0.15, 0.2) is 5.69 Å². The summed E-state index contributed by atoms with van der Waals surface area (Å²) >= 11 is 3.30. The zero-order valence-corrected chi connectivity index (χ0v) is 14.2. The maximum absolute atomic E-state index is 12.3. The van der Waals surface area contributed by atoms with Crippen LogP contribution in [0.2, 0.25) is 0 Å². The van der Waals surface area contributed by atoms with Crippen LogP contribution in [-0.2, 0) is 20.0 Å². The first-order valence-corrected chi connectivity index (χ1v) is 7.30. The van der Waals surface area contributed by atoms with Crippen molar-refractivity contribution < 1.29 is 4.79 Å². The van der Waals surface area contributed by atoms with Crippen molar-refractivity contribution in [1.29, 1.82) is 0 Å². The van der Waals surface area contributed by atoms with Crippen LogP contribution in [0, 0.1) is 0 Å². The van der Waals surface area contributed by atoms with Gasteiger partial charge in [-0.3, -0.25) is 14.7 Å². The zero-order valence-electron chi connectivity index (χ0n) is 11.8. The average Bonchev–Trinajstić information content (AvgIpc) is 2.88. The number of aromatic nitrogens is 3. The highest BCUT2D eigenvalue weighted by Crippen LogP contribution is 2.17. The third-order valence-electron chi connectivity index (χ3n) is 3.42. The van der Waals surface area contributed by atoms with E-state index in [2.05, 4.69) is 36.8 Å². The maximum Gasteiger partial charge on any atom is 0.276 e. The fraction of sp³-hybridized carbons (Fsp3) is 0.308. The molecule has 3 rings (SSSR count). The Kier molecular flexibility index (Phi) is 5.05. The molecule has 9 heteroatoms. The molecule has 1 amide bonds. The quantitative estimate of drug-likeness (QED) is 0.721. The predicted molar refractivity (Wildman–Crippen MR) is 88.6 cm³/mol. The van der Waals surface area contributed by atoms with Crippen LogP contribution in [-0.4, -0.2) is 27.2 Å². The van der Waals surface area contributed by atoms with Crippen molar-refractivity contribution in [3.05, 3.63) is 44.0 Å². The minimum atomic E-state index is -0.383. The number of hydrogen-bond acceptors (Lipinski definition) is 4. The van der Waals surface area contributed by atoms with Crippen molar-refractivity contribution in [2.24, 2.45) is 7.05 Å². The number of H-pyrrole nitrogens is 1. The van der Waals surface area contributed by atoms with E-state index >= 15 is 0 Å². The summed E-state index contributed by atoms with van der Waals surface area (Å²) in [6.07, 6.45) is 2.45. The molecule has 0 bridgehead atoms. The van der Waals surface area contributed by atoms with E-state index in [9.17, 15) is 9.59 Å². The van der Waals surface area contributed by atoms with Crippen LogP contribution >= 0.6 is 28.3 Å². The lowest BCUT2D eigenvalue weighted by atomic mass is 10.1. The molecule has 2 aromatic heterocycles. The molecule has 0 saturated carbocycles. The number of nitrogens with zero attached hydrogens (tertiary/aromatic N) is 2. The predicted octanol–water partition coefficient (Wildman–Crippen LogP) is 1.19. The Labute approximate surface area is 141 Å². The Bertz CT molecular complexity index is 770. The highest BCUT2D eigenvalue weighted by Gasteiger charge is 2.22. The summed E-state index contributed by atoms with van der Waals surface area (Å²) < 4.78 is 2.12. The average molecular weight is 389 g/mol. The first kappa shape index (κ1) is 16.7. The minimum Gasteiger partial charge on any atom is -0.316 e. The summed E-state index contributed by atoms with van der Waals surface area (Å²) in [5.41, 5.74) is 2.12. The number of aryl methyl sites for hydroxylation is 1. The summed E-state index contributed by atoms with van der Waals surface area (Å²) in [4.78, 5) is 24.3. The van der Waals surface area contributed by atoms with E-state index in [-0.39, 0.29) is 29.6 Å². The number of halogens is 2. The number of rotatable bonds is 2. The van der Waals surface area contributed by atoms with Crippen LogP contribution in [0.4, 0.5) is 5.69 Å². The number of amides is 1. The molecular weight excluding hydrogens is 374 g/mol. The Hall–Kier alpha value is -1.64. The van der Waals surface area contributed by atoms with Gasteiger partial charge in [0.25, 0.3) is 11.5 Å². The first-order valence-electron chi connectivity index (χ1n) is 6.50. The van der Waals surface area contributed by atoms with Gasteiger partial charge in [0, 0.05) is 48.5 Å². The van der Waals surface area contributed by atoms with Gasteiger partial charge in [-0.25, -0.2) is 0 Å². The van der Waals surface area contributed by atoms with Gasteiger partial charge in [0.2, 0.25) is 0 Å². The van der Waals surface area contributed by atoms with Crippen molar-refractivity contribution in [3.8, 4) is 0 Å². The second-order valence-corrected chi connectivity index (χ2v) is 5.81. The molecule has 1 aliphatic heterocycles. The number of fused-ring (bicyclic) bond motifs is 1. The number of anilines is 1. The van der Waals surface area contributed by atoms with Crippen molar-refractivity contribution >= 4 is 39.9 Å². The van der Waals surface area contributed by atoms with E-state index in [1.165, 1.54) is 4.57 Å². The Balaban J connectivity index is 0.00000176. The monoisotopic (exact) mass is 387 g/mol. The number of nitrogens with one attached hydrogen (secondary N) is 3. The molecular formula is C13H15BrClN5O2. The van der Waals surface area contributed by atoms with E-state index in [0.29, 0.717) is 16.7 Å². The fourth-order valence-electron chi connectivity index (χ4n) is 2.35. The van der Waals surface area contributed by atoms with Gasteiger partial charge in [0.1, 0.15) is 5.69 Å². The van der Waals surface area contributed by atoms with Crippen LogP contribution in [0.1, 0.15) is 21.7 Å². The molecule has 0 fully saturated rings. The van der Waals surface area contributed by atoms with E-state index in [0.717, 1.165) is 24.2 Å². The molecule has 2 aromatic rings. The molecule has 0 spiro atoms. The third kappa shape index (κ3) is 3.08. The topological polar surface area (TPSA) is 91.8 Å². The van der Waals surface area contributed by atoms with Gasteiger partial charge in [-0.15, -0.1) is 12.4 Å². The molecule has 3 N–H and O–H groups in total. The molecule has 0 aromatic carbocycles. The number of aromatic amines is 1. The normalized spacial score (nSPS) is 13.2. The largest absolute Gasteiger partial charge is 0.316 e. The van der Waals surface area contributed by atoms with Crippen LogP contribution in [0.25, 0.3) is 0 Å². The highest BCUT2D eigenvalue weighted by atomic mass is 79.9. The second-order valence-electron chi connectivity index (χ2n) is 4.90. The van der Waals surface area contributed by atoms with E-state index in [1.54, 1.807) is 19.3 Å². The lowest BCUT2D eigenvalue weighted by Crippen LogP contribution is -2.27. The molecule has 3 heterocycles. The van der Waals surface area contributed by atoms with Crippen molar-refractivity contribution in [3.63, 3.8) is 0 Å². The van der Waals surface area contributed by atoms with Crippen LogP contribution < -0.4 is 16.2 Å². The van der Waals surface area contributed by atoms with Gasteiger partial charge >= 0.3 is 0 Å². The fourth-order valence-corrected chi connectivity index (χ4v) is 2.89. The molecule has 0 aliphatic carbocycles. The smallest absolute Gasteiger partial charge is 0.276 e. The first-order chi connectivity index (χ1) is 10.1. The maximum atomic E-state index is 12.3. The number of carbonyl (C=O) groups is 1. The Morgan fingerprint density at radius 3 is 3.05 bits per heavy atom. The molecule has 1 aliphatic rings. The van der Waals surface area contributed by atoms with Crippen LogP contribution in [0.5, 0.6) is 0 Å². The number of pyridine rings is 1. The molecule has 0 radical (unpaired) electrons. The van der Waals surface area contributed by atoms with Crippen LogP contribution in [0.15, 0.2) is 21.5 Å². The summed E-state index contributed by atoms with van der Waals surface area (Å²) in [6, 6.07) is 1.58. The van der Waals surface area contributed by atoms with E-state index in [1.807, 2.05) is 0 Å². The van der Waals surface area contributed by atoms with E-state index in [4.69, 9.17) is 0 Å². The summed E-state index contributed by atoms with van der Waals surface area (Å²) in [5, 5.41) is 12.8. The summed E-state index contributed by atoms with van der Waals surface area (Å²) in [6.45, 7) is 1.47. The van der Waals surface area contributed by atoms with Crippen molar-refractivity contribution in [2.45, 2.75) is 13.0 Å². The lowest BCUT2D eigenvalue weighted by molar-refractivity contribution is 0.102. The Morgan fingerprint density at radius 1 is 1.50 bits per heavy atom. The third-order valence-corrected chi connectivity index (χ3v) is 3.85. The lowest BCUT2D eigenvalue weighted by Gasteiger charge is -2.13. The van der Waals surface area contributed by atoms with Gasteiger partial charge < -0.3 is 15.2 Å². The highest BCUT2D eigenvalue weighted by molar-refractivity contribution is 9.10. The summed E-state index contributed by atoms with van der Waals surface area (Å²) in [7, 11) is 1.63. The molecule has 0 atom stereocenters. The SMILES string of the molecule is Cl.Cn1cc(Br)cc(NC(=O)c2n[nH]c3c2CNCC3)c1=O. The number of hydrogen-bond donors (Lipinski definition) is 3. The Morgan fingerprint density at radius 2 is 2.27 bits per heavy atom. The van der Waals surface area contributed by atoms with Crippen molar-refractivity contribution in [2.75, 3.05) is 11.9 Å². The summed E-state index contributed by atoms with van der Waals surface area (Å²) in [5.74, 6) is -0.383. The van der Waals surface area contributed by atoms with Crippen molar-refractivity contribution in [1.82, 2.24) is 20.1 Å². The van der Waals surface area contributed by atoms with Crippen LogP contribution in [0.3, 0.4) is 0 Å². The number of carbonyl (C=O) groups excluding carboxylic acids is 1. The van der Waals surface area contributed by atoms with E-state index < -0.39 is 0 Å².